The Hall–Kier alpha value is -1.92. The van der Waals surface area contributed by atoms with Crippen molar-refractivity contribution in [2.24, 2.45) is 11.7 Å². The van der Waals surface area contributed by atoms with E-state index in [1.54, 1.807) is 12.1 Å². The Morgan fingerprint density at radius 3 is 2.50 bits per heavy atom. The van der Waals surface area contributed by atoms with Gasteiger partial charge in [-0.3, -0.25) is 9.59 Å². The van der Waals surface area contributed by atoms with E-state index in [0.29, 0.717) is 17.9 Å². The molecular formula is C18H27N3O3. The highest BCUT2D eigenvalue weighted by molar-refractivity contribution is 5.95. The molecule has 1 saturated carbocycles. The molecule has 6 heteroatoms. The molecule has 2 rings (SSSR count). The van der Waals surface area contributed by atoms with Gasteiger partial charge in [-0.2, -0.15) is 0 Å². The van der Waals surface area contributed by atoms with Gasteiger partial charge in [0, 0.05) is 30.9 Å². The Kier molecular flexibility index (Phi) is 7.21. The molecule has 24 heavy (non-hydrogen) atoms. The zero-order valence-electron chi connectivity index (χ0n) is 14.2. The van der Waals surface area contributed by atoms with Crippen LogP contribution in [0.2, 0.25) is 0 Å². The van der Waals surface area contributed by atoms with Crippen molar-refractivity contribution >= 4 is 23.2 Å². The van der Waals surface area contributed by atoms with Gasteiger partial charge in [-0.15, -0.1) is 0 Å². The van der Waals surface area contributed by atoms with E-state index >= 15 is 0 Å². The summed E-state index contributed by atoms with van der Waals surface area (Å²) >= 11 is 0. The van der Waals surface area contributed by atoms with E-state index in [-0.39, 0.29) is 30.3 Å². The molecule has 0 radical (unpaired) electrons. The third-order valence-corrected chi connectivity index (χ3v) is 4.40. The van der Waals surface area contributed by atoms with E-state index in [2.05, 4.69) is 10.6 Å². The largest absolute Gasteiger partial charge is 0.380 e. The molecular weight excluding hydrogens is 306 g/mol. The van der Waals surface area contributed by atoms with Crippen molar-refractivity contribution in [2.75, 3.05) is 24.3 Å². The number of nitrogens with two attached hydrogens (primary N) is 1. The first-order valence-corrected chi connectivity index (χ1v) is 8.56. The average Bonchev–Trinajstić information content (AvgIpc) is 2.60. The summed E-state index contributed by atoms with van der Waals surface area (Å²) in [4.78, 5) is 24.3. The number of amides is 2. The fourth-order valence-electron chi connectivity index (χ4n) is 2.97. The molecule has 132 valence electrons. The van der Waals surface area contributed by atoms with Gasteiger partial charge in [0.2, 0.25) is 11.8 Å². The van der Waals surface area contributed by atoms with E-state index in [1.165, 1.54) is 13.5 Å². The monoisotopic (exact) mass is 333 g/mol. The fraction of sp³-hybridized carbons (Fsp3) is 0.556. The molecule has 0 aromatic heterocycles. The highest BCUT2D eigenvalue weighted by Gasteiger charge is 2.21. The standard InChI is InChI=1S/C18H27N3O3/c1-24-16(12-19)11-17(22)20-14-8-5-9-15(10-14)21-18(23)13-6-3-2-4-7-13/h5,8-10,13,16H,2-4,6-7,11-12,19H2,1H3,(H,20,22)(H,21,23). The lowest BCUT2D eigenvalue weighted by molar-refractivity contribution is -0.121. The molecule has 1 unspecified atom stereocenters. The summed E-state index contributed by atoms with van der Waals surface area (Å²) in [7, 11) is 1.53. The molecule has 1 aromatic rings. The fourth-order valence-corrected chi connectivity index (χ4v) is 2.97. The van der Waals surface area contributed by atoms with Crippen LogP contribution in [0.25, 0.3) is 0 Å². The summed E-state index contributed by atoms with van der Waals surface area (Å²) in [5.41, 5.74) is 6.87. The van der Waals surface area contributed by atoms with Crippen LogP contribution in [-0.2, 0) is 14.3 Å². The summed E-state index contributed by atoms with van der Waals surface area (Å²) in [5, 5.41) is 5.76. The molecule has 1 aliphatic carbocycles. The summed E-state index contributed by atoms with van der Waals surface area (Å²) in [5.74, 6) is 0.00725. The van der Waals surface area contributed by atoms with Gasteiger partial charge in [0.05, 0.1) is 12.5 Å². The quantitative estimate of drug-likeness (QED) is 0.715. The Bertz CT molecular complexity index is 552. The first-order valence-electron chi connectivity index (χ1n) is 8.56. The van der Waals surface area contributed by atoms with Gasteiger partial charge in [-0.05, 0) is 31.0 Å². The van der Waals surface area contributed by atoms with Crippen LogP contribution in [-0.4, -0.2) is 31.6 Å². The maximum absolute atomic E-state index is 12.3. The first kappa shape index (κ1) is 18.4. The van der Waals surface area contributed by atoms with E-state index in [4.69, 9.17) is 10.5 Å². The highest BCUT2D eigenvalue weighted by Crippen LogP contribution is 2.25. The normalized spacial score (nSPS) is 16.4. The maximum Gasteiger partial charge on any atom is 0.227 e. The predicted molar refractivity (Wildman–Crippen MR) is 94.7 cm³/mol. The number of ether oxygens (including phenoxy) is 1. The molecule has 1 atom stereocenters. The van der Waals surface area contributed by atoms with Crippen LogP contribution in [0.1, 0.15) is 38.5 Å². The second-order valence-electron chi connectivity index (χ2n) is 6.25. The third-order valence-electron chi connectivity index (χ3n) is 4.40. The predicted octanol–water partition coefficient (Wildman–Crippen LogP) is 2.51. The van der Waals surface area contributed by atoms with Gasteiger partial charge in [-0.1, -0.05) is 25.3 Å². The SMILES string of the molecule is COC(CN)CC(=O)Nc1cccc(NC(=O)C2CCCCC2)c1. The lowest BCUT2D eigenvalue weighted by Gasteiger charge is -2.21. The molecule has 2 amide bonds. The van der Waals surface area contributed by atoms with E-state index in [9.17, 15) is 9.59 Å². The van der Waals surface area contributed by atoms with Crippen LogP contribution >= 0.6 is 0 Å². The van der Waals surface area contributed by atoms with Crippen molar-refractivity contribution in [1.29, 1.82) is 0 Å². The number of hydrogen-bond donors (Lipinski definition) is 3. The molecule has 1 aromatic carbocycles. The van der Waals surface area contributed by atoms with Crippen molar-refractivity contribution in [3.63, 3.8) is 0 Å². The van der Waals surface area contributed by atoms with E-state index < -0.39 is 0 Å². The van der Waals surface area contributed by atoms with Crippen LogP contribution in [0.15, 0.2) is 24.3 Å². The van der Waals surface area contributed by atoms with Gasteiger partial charge in [0.25, 0.3) is 0 Å². The number of carbonyl (C=O) groups excluding carboxylic acids is 2. The van der Waals surface area contributed by atoms with Gasteiger partial charge in [0.1, 0.15) is 0 Å². The van der Waals surface area contributed by atoms with Crippen molar-refractivity contribution < 1.29 is 14.3 Å². The molecule has 1 fully saturated rings. The number of methoxy groups -OCH3 is 1. The maximum atomic E-state index is 12.3. The second-order valence-corrected chi connectivity index (χ2v) is 6.25. The summed E-state index contributed by atoms with van der Waals surface area (Å²) < 4.78 is 5.11. The van der Waals surface area contributed by atoms with Crippen LogP contribution in [0.5, 0.6) is 0 Å². The molecule has 0 aliphatic heterocycles. The minimum atomic E-state index is -0.292. The van der Waals surface area contributed by atoms with Crippen LogP contribution in [0.4, 0.5) is 11.4 Å². The molecule has 1 aliphatic rings. The first-order chi connectivity index (χ1) is 11.6. The van der Waals surface area contributed by atoms with Crippen molar-refractivity contribution in [3.05, 3.63) is 24.3 Å². The topological polar surface area (TPSA) is 93.4 Å². The molecule has 0 saturated heterocycles. The lowest BCUT2D eigenvalue weighted by atomic mass is 9.88. The number of hydrogen-bond acceptors (Lipinski definition) is 4. The summed E-state index contributed by atoms with van der Waals surface area (Å²) in [6.45, 7) is 0.293. The Morgan fingerprint density at radius 2 is 1.88 bits per heavy atom. The summed E-state index contributed by atoms with van der Waals surface area (Å²) in [6.07, 6.45) is 5.28. The smallest absolute Gasteiger partial charge is 0.227 e. The molecule has 6 nitrogen and oxygen atoms in total. The number of anilines is 2. The van der Waals surface area contributed by atoms with Gasteiger partial charge in [0.15, 0.2) is 0 Å². The summed E-state index contributed by atoms with van der Waals surface area (Å²) in [6, 6.07) is 7.19. The second kappa shape index (κ2) is 9.39. The number of nitrogens with one attached hydrogen (secondary N) is 2. The van der Waals surface area contributed by atoms with Crippen LogP contribution in [0.3, 0.4) is 0 Å². The molecule has 4 N–H and O–H groups in total. The van der Waals surface area contributed by atoms with Gasteiger partial charge in [-0.25, -0.2) is 0 Å². The van der Waals surface area contributed by atoms with Gasteiger partial charge >= 0.3 is 0 Å². The Morgan fingerprint density at radius 1 is 1.21 bits per heavy atom. The third kappa shape index (κ3) is 5.62. The van der Waals surface area contributed by atoms with Crippen molar-refractivity contribution in [3.8, 4) is 0 Å². The molecule has 0 spiro atoms. The van der Waals surface area contributed by atoms with Crippen LogP contribution in [0, 0.1) is 5.92 Å². The number of carbonyl (C=O) groups is 2. The Labute approximate surface area is 143 Å². The highest BCUT2D eigenvalue weighted by atomic mass is 16.5. The Balaban J connectivity index is 1.90. The van der Waals surface area contributed by atoms with E-state index in [1.807, 2.05) is 12.1 Å². The number of rotatable bonds is 7. The zero-order valence-corrected chi connectivity index (χ0v) is 14.2. The van der Waals surface area contributed by atoms with E-state index in [0.717, 1.165) is 25.7 Å². The number of benzene rings is 1. The lowest BCUT2D eigenvalue weighted by Crippen LogP contribution is -2.28. The molecule has 0 heterocycles. The van der Waals surface area contributed by atoms with Crippen LogP contribution < -0.4 is 16.4 Å². The minimum absolute atomic E-state index is 0.0701. The minimum Gasteiger partial charge on any atom is -0.380 e. The van der Waals surface area contributed by atoms with Crippen molar-refractivity contribution in [1.82, 2.24) is 0 Å². The average molecular weight is 333 g/mol. The van der Waals surface area contributed by atoms with Gasteiger partial charge < -0.3 is 21.1 Å². The molecule has 0 bridgehead atoms. The van der Waals surface area contributed by atoms with Crippen molar-refractivity contribution in [2.45, 2.75) is 44.6 Å². The zero-order chi connectivity index (χ0) is 17.4.